The van der Waals surface area contributed by atoms with Gasteiger partial charge in [0.25, 0.3) is 0 Å². The zero-order valence-electron chi connectivity index (χ0n) is 18.4. The fourth-order valence-corrected chi connectivity index (χ4v) is 3.88. The summed E-state index contributed by atoms with van der Waals surface area (Å²) in [6.45, 7) is 7.91. The Balaban J connectivity index is 1.40. The Hall–Kier alpha value is -2.54. The standard InChI is InChI=1S/C23H36N6O/c1-3-11-25-22(30)18-28-14-9-20(10-15-28)27-23(24-2)26-17-19-7-6-8-21(16-19)29-12-4-5-13-29/h4-8,16,20H,3,9-15,17-18H2,1-2H3,(H,25,30)(H2,24,26,27). The number of benzene rings is 1. The lowest BCUT2D eigenvalue weighted by Gasteiger charge is -2.32. The minimum Gasteiger partial charge on any atom is -0.364 e. The molecule has 0 spiro atoms. The van der Waals surface area contributed by atoms with Crippen LogP contribution < -0.4 is 20.9 Å². The number of carbonyl (C=O) groups is 1. The van der Waals surface area contributed by atoms with Crippen LogP contribution in [0.1, 0.15) is 31.7 Å². The molecule has 30 heavy (non-hydrogen) atoms. The van der Waals surface area contributed by atoms with Crippen LogP contribution in [0.5, 0.6) is 0 Å². The number of nitrogens with one attached hydrogen (secondary N) is 3. The Labute approximate surface area is 180 Å². The minimum absolute atomic E-state index is 0.132. The van der Waals surface area contributed by atoms with Crippen molar-refractivity contribution in [3.05, 3.63) is 42.0 Å². The highest BCUT2D eigenvalue weighted by Gasteiger charge is 2.21. The molecule has 164 valence electrons. The van der Waals surface area contributed by atoms with E-state index in [1.165, 1.54) is 11.3 Å². The monoisotopic (exact) mass is 412 g/mol. The van der Waals surface area contributed by atoms with Crippen molar-refractivity contribution in [2.75, 3.05) is 51.2 Å². The zero-order valence-corrected chi connectivity index (χ0v) is 18.4. The van der Waals surface area contributed by atoms with Crippen molar-refractivity contribution in [2.24, 2.45) is 4.99 Å². The van der Waals surface area contributed by atoms with Crippen molar-refractivity contribution < 1.29 is 4.79 Å². The molecule has 3 N–H and O–H groups in total. The van der Waals surface area contributed by atoms with E-state index in [2.05, 4.69) is 74.1 Å². The van der Waals surface area contributed by atoms with Crippen LogP contribution in [0.4, 0.5) is 5.69 Å². The molecular formula is C23H36N6O. The van der Waals surface area contributed by atoms with Crippen LogP contribution in [0.2, 0.25) is 0 Å². The number of aliphatic imine (C=N–C) groups is 1. The summed E-state index contributed by atoms with van der Waals surface area (Å²) < 4.78 is 0. The molecule has 1 aromatic carbocycles. The van der Waals surface area contributed by atoms with Gasteiger partial charge in [-0.15, -0.1) is 0 Å². The Morgan fingerprint density at radius 3 is 2.63 bits per heavy atom. The molecule has 0 aromatic heterocycles. The van der Waals surface area contributed by atoms with Crippen molar-refractivity contribution in [1.82, 2.24) is 20.9 Å². The van der Waals surface area contributed by atoms with E-state index >= 15 is 0 Å². The first-order chi connectivity index (χ1) is 14.7. The Bertz CT molecular complexity index is 731. The number of amides is 1. The summed E-state index contributed by atoms with van der Waals surface area (Å²) in [5, 5.41) is 9.94. The van der Waals surface area contributed by atoms with Gasteiger partial charge in [0.05, 0.1) is 6.54 Å². The third kappa shape index (κ3) is 6.76. The molecule has 7 nitrogen and oxygen atoms in total. The second kappa shape index (κ2) is 11.6. The second-order valence-corrected chi connectivity index (χ2v) is 8.02. The average molecular weight is 413 g/mol. The van der Waals surface area contributed by atoms with Gasteiger partial charge in [-0.05, 0) is 37.0 Å². The normalized spacial score (nSPS) is 17.9. The Morgan fingerprint density at radius 1 is 1.17 bits per heavy atom. The van der Waals surface area contributed by atoms with Gasteiger partial charge in [0.2, 0.25) is 5.91 Å². The summed E-state index contributed by atoms with van der Waals surface area (Å²) in [6, 6.07) is 9.06. The lowest BCUT2D eigenvalue weighted by Crippen LogP contribution is -2.50. The maximum atomic E-state index is 11.9. The van der Waals surface area contributed by atoms with Gasteiger partial charge in [-0.1, -0.05) is 31.2 Å². The number of carbonyl (C=O) groups excluding carboxylic acids is 1. The van der Waals surface area contributed by atoms with Crippen molar-refractivity contribution in [1.29, 1.82) is 0 Å². The summed E-state index contributed by atoms with van der Waals surface area (Å²) in [5.74, 6) is 0.968. The van der Waals surface area contributed by atoms with Gasteiger partial charge in [-0.3, -0.25) is 14.7 Å². The second-order valence-electron chi connectivity index (χ2n) is 8.02. The SMILES string of the molecule is CCCNC(=O)CN1CCC(NC(=NC)NCc2cccc(N3CC=CC3)c2)CC1. The van der Waals surface area contributed by atoms with Crippen molar-refractivity contribution in [2.45, 2.75) is 38.8 Å². The Morgan fingerprint density at radius 2 is 1.93 bits per heavy atom. The average Bonchev–Trinajstić information content (AvgIpc) is 3.31. The lowest BCUT2D eigenvalue weighted by molar-refractivity contribution is -0.122. The summed E-state index contributed by atoms with van der Waals surface area (Å²) in [6.07, 6.45) is 7.42. The molecule has 7 heteroatoms. The molecule has 0 aliphatic carbocycles. The molecule has 1 amide bonds. The maximum Gasteiger partial charge on any atom is 0.234 e. The van der Waals surface area contributed by atoms with Gasteiger partial charge in [0.1, 0.15) is 0 Å². The molecule has 1 fully saturated rings. The summed E-state index contributed by atoms with van der Waals surface area (Å²) in [4.78, 5) is 20.9. The number of hydrogen-bond acceptors (Lipinski definition) is 4. The topological polar surface area (TPSA) is 72.0 Å². The van der Waals surface area contributed by atoms with E-state index in [0.717, 1.165) is 64.5 Å². The number of hydrogen-bond donors (Lipinski definition) is 3. The van der Waals surface area contributed by atoms with Gasteiger partial charge >= 0.3 is 0 Å². The molecule has 0 saturated carbocycles. The van der Waals surface area contributed by atoms with Gasteiger partial charge < -0.3 is 20.9 Å². The van der Waals surface area contributed by atoms with Crippen molar-refractivity contribution in [3.8, 4) is 0 Å². The summed E-state index contributed by atoms with van der Waals surface area (Å²) >= 11 is 0. The van der Waals surface area contributed by atoms with Crippen molar-refractivity contribution in [3.63, 3.8) is 0 Å². The first-order valence-corrected chi connectivity index (χ1v) is 11.1. The number of nitrogens with zero attached hydrogens (tertiary/aromatic N) is 3. The van der Waals surface area contributed by atoms with Crippen molar-refractivity contribution >= 4 is 17.6 Å². The third-order valence-corrected chi connectivity index (χ3v) is 5.65. The molecule has 2 aliphatic heterocycles. The van der Waals surface area contributed by atoms with Gasteiger partial charge in [-0.25, -0.2) is 0 Å². The largest absolute Gasteiger partial charge is 0.364 e. The number of rotatable bonds is 8. The predicted octanol–water partition coefficient (Wildman–Crippen LogP) is 1.72. The summed E-state index contributed by atoms with van der Waals surface area (Å²) in [7, 11) is 1.81. The van der Waals surface area contributed by atoms with Gasteiger partial charge in [0, 0.05) is 58.0 Å². The van der Waals surface area contributed by atoms with E-state index in [0.29, 0.717) is 12.6 Å². The van der Waals surface area contributed by atoms with E-state index in [1.807, 2.05) is 7.05 Å². The summed E-state index contributed by atoms with van der Waals surface area (Å²) in [5.41, 5.74) is 2.51. The van der Waals surface area contributed by atoms with E-state index in [-0.39, 0.29) is 5.91 Å². The van der Waals surface area contributed by atoms with Crippen LogP contribution >= 0.6 is 0 Å². The van der Waals surface area contributed by atoms with Crippen LogP contribution in [-0.2, 0) is 11.3 Å². The predicted molar refractivity (Wildman–Crippen MR) is 124 cm³/mol. The maximum absolute atomic E-state index is 11.9. The van der Waals surface area contributed by atoms with E-state index in [1.54, 1.807) is 0 Å². The van der Waals surface area contributed by atoms with Crippen LogP contribution in [0.25, 0.3) is 0 Å². The first kappa shape index (κ1) is 22.2. The minimum atomic E-state index is 0.132. The van der Waals surface area contributed by atoms with Crippen LogP contribution in [0, 0.1) is 0 Å². The van der Waals surface area contributed by atoms with E-state index in [4.69, 9.17) is 0 Å². The highest BCUT2D eigenvalue weighted by Crippen LogP contribution is 2.18. The highest BCUT2D eigenvalue weighted by atomic mass is 16.2. The molecule has 0 unspecified atom stereocenters. The van der Waals surface area contributed by atoms with E-state index < -0.39 is 0 Å². The van der Waals surface area contributed by atoms with E-state index in [9.17, 15) is 4.79 Å². The lowest BCUT2D eigenvalue weighted by atomic mass is 10.1. The van der Waals surface area contributed by atoms with Crippen LogP contribution in [0.3, 0.4) is 0 Å². The van der Waals surface area contributed by atoms with Gasteiger partial charge in [0.15, 0.2) is 5.96 Å². The molecule has 0 atom stereocenters. The molecule has 0 bridgehead atoms. The number of piperidine rings is 1. The smallest absolute Gasteiger partial charge is 0.234 e. The molecule has 2 aliphatic rings. The zero-order chi connectivity index (χ0) is 21.2. The molecule has 3 rings (SSSR count). The van der Waals surface area contributed by atoms with Gasteiger partial charge in [-0.2, -0.15) is 0 Å². The number of anilines is 1. The third-order valence-electron chi connectivity index (χ3n) is 5.65. The molecule has 0 radical (unpaired) electrons. The molecule has 1 aromatic rings. The Kier molecular flexibility index (Phi) is 8.56. The fourth-order valence-electron chi connectivity index (χ4n) is 3.88. The van der Waals surface area contributed by atoms with Crippen LogP contribution in [0.15, 0.2) is 41.4 Å². The fraction of sp³-hybridized carbons (Fsp3) is 0.565. The first-order valence-electron chi connectivity index (χ1n) is 11.1. The molecule has 2 heterocycles. The number of guanidine groups is 1. The quantitative estimate of drug-likeness (QED) is 0.345. The van der Waals surface area contributed by atoms with Crippen LogP contribution in [-0.4, -0.2) is 69.1 Å². The molecular weight excluding hydrogens is 376 g/mol. The molecule has 1 saturated heterocycles. The number of likely N-dealkylation sites (tertiary alicyclic amines) is 1. The highest BCUT2D eigenvalue weighted by molar-refractivity contribution is 5.80.